The van der Waals surface area contributed by atoms with Crippen LogP contribution in [0.25, 0.3) is 0 Å². The van der Waals surface area contributed by atoms with Gasteiger partial charge in [-0.05, 0) is 32.6 Å². The van der Waals surface area contributed by atoms with Crippen LogP contribution in [0.5, 0.6) is 0 Å². The number of hydrogen-bond donors (Lipinski definition) is 1. The average Bonchev–Trinajstić information content (AvgIpc) is 2.64. The lowest BCUT2D eigenvalue weighted by molar-refractivity contribution is 0.376. The fraction of sp³-hybridized carbons (Fsp3) is 0.727. The van der Waals surface area contributed by atoms with E-state index in [1.54, 1.807) is 11.3 Å². The molecule has 1 heterocycles. The number of rotatable bonds is 3. The molecule has 0 radical (unpaired) electrons. The van der Waals surface area contributed by atoms with Crippen molar-refractivity contribution in [1.29, 1.82) is 0 Å². The van der Waals surface area contributed by atoms with Gasteiger partial charge in [0.05, 0.1) is 0 Å². The summed E-state index contributed by atoms with van der Waals surface area (Å²) in [4.78, 5) is 4.44. The van der Waals surface area contributed by atoms with Gasteiger partial charge in [-0.3, -0.25) is 0 Å². The molecule has 1 aliphatic rings. The average molecular weight is 245 g/mol. The monoisotopic (exact) mass is 244 g/mol. The maximum atomic E-state index is 6.06. The normalized spacial score (nSPS) is 26.8. The lowest BCUT2D eigenvalue weighted by Crippen LogP contribution is -2.32. The quantitative estimate of drug-likeness (QED) is 0.827. The van der Waals surface area contributed by atoms with Gasteiger partial charge in [0.15, 0.2) is 0 Å². The van der Waals surface area contributed by atoms with Crippen LogP contribution < -0.4 is 5.32 Å². The molecule has 15 heavy (non-hydrogen) atoms. The third kappa shape index (κ3) is 3.44. The molecule has 4 heteroatoms. The fourth-order valence-corrected chi connectivity index (χ4v) is 2.95. The molecular formula is C11H17ClN2S. The van der Waals surface area contributed by atoms with Gasteiger partial charge >= 0.3 is 0 Å². The summed E-state index contributed by atoms with van der Waals surface area (Å²) in [5.41, 5.74) is 1.13. The molecule has 0 atom stereocenters. The second-order valence-electron chi connectivity index (χ2n) is 4.21. The zero-order chi connectivity index (χ0) is 10.7. The topological polar surface area (TPSA) is 24.9 Å². The van der Waals surface area contributed by atoms with Crippen molar-refractivity contribution >= 4 is 22.9 Å². The third-order valence-electron chi connectivity index (χ3n) is 2.87. The van der Waals surface area contributed by atoms with E-state index in [0.29, 0.717) is 11.4 Å². The molecule has 84 valence electrons. The minimum Gasteiger partial charge on any atom is -0.308 e. The Labute approximate surface area is 100 Å². The molecule has 1 N–H and O–H groups in total. The van der Waals surface area contributed by atoms with Gasteiger partial charge in [0.2, 0.25) is 0 Å². The second kappa shape index (κ2) is 5.28. The Kier molecular flexibility index (Phi) is 4.00. The maximum absolute atomic E-state index is 6.06. The van der Waals surface area contributed by atoms with Gasteiger partial charge in [-0.15, -0.1) is 22.9 Å². The summed E-state index contributed by atoms with van der Waals surface area (Å²) in [6.07, 6.45) is 4.71. The van der Waals surface area contributed by atoms with Crippen LogP contribution in [0, 0.1) is 6.92 Å². The van der Waals surface area contributed by atoms with Crippen molar-refractivity contribution in [3.8, 4) is 0 Å². The van der Waals surface area contributed by atoms with Gasteiger partial charge in [-0.1, -0.05) is 0 Å². The Bertz CT molecular complexity index is 305. The molecule has 0 unspecified atom stereocenters. The van der Waals surface area contributed by atoms with Crippen LogP contribution in [-0.4, -0.2) is 16.4 Å². The fourth-order valence-electron chi connectivity index (χ4n) is 1.97. The van der Waals surface area contributed by atoms with Crippen molar-refractivity contribution in [3.63, 3.8) is 0 Å². The summed E-state index contributed by atoms with van der Waals surface area (Å²) in [7, 11) is 0. The van der Waals surface area contributed by atoms with Crippen molar-refractivity contribution in [3.05, 3.63) is 16.1 Å². The van der Waals surface area contributed by atoms with E-state index in [4.69, 9.17) is 11.6 Å². The van der Waals surface area contributed by atoms with Gasteiger partial charge < -0.3 is 5.32 Å². The Morgan fingerprint density at radius 3 is 2.80 bits per heavy atom. The molecule has 1 aromatic heterocycles. The number of nitrogens with zero attached hydrogens (tertiary/aromatic N) is 1. The van der Waals surface area contributed by atoms with E-state index >= 15 is 0 Å². The number of alkyl halides is 1. The molecule has 0 aromatic carbocycles. The lowest BCUT2D eigenvalue weighted by atomic mass is 9.95. The van der Waals surface area contributed by atoms with Gasteiger partial charge in [-0.2, -0.15) is 0 Å². The molecule has 1 aromatic rings. The molecule has 0 aliphatic heterocycles. The Balaban J connectivity index is 1.74. The van der Waals surface area contributed by atoms with Crippen LogP contribution in [0.2, 0.25) is 0 Å². The largest absolute Gasteiger partial charge is 0.308 e. The molecular weight excluding hydrogens is 228 g/mol. The van der Waals surface area contributed by atoms with Crippen molar-refractivity contribution in [2.24, 2.45) is 0 Å². The highest BCUT2D eigenvalue weighted by atomic mass is 35.5. The second-order valence-corrected chi connectivity index (χ2v) is 5.77. The number of hydrogen-bond acceptors (Lipinski definition) is 3. The molecule has 0 spiro atoms. The molecule has 1 fully saturated rings. The Hall–Kier alpha value is -0.120. The van der Waals surface area contributed by atoms with E-state index in [9.17, 15) is 0 Å². The first-order valence-corrected chi connectivity index (χ1v) is 6.84. The summed E-state index contributed by atoms with van der Waals surface area (Å²) in [5, 5.41) is 7.27. The number of thiazole rings is 1. The zero-order valence-corrected chi connectivity index (χ0v) is 10.6. The number of aryl methyl sites for hydroxylation is 1. The van der Waals surface area contributed by atoms with E-state index in [0.717, 1.165) is 25.1 Å². The van der Waals surface area contributed by atoms with Crippen LogP contribution in [0.3, 0.4) is 0 Å². The summed E-state index contributed by atoms with van der Waals surface area (Å²) in [5.74, 6) is 0. The number of aromatic nitrogens is 1. The molecule has 1 aliphatic carbocycles. The van der Waals surface area contributed by atoms with E-state index in [1.165, 1.54) is 17.8 Å². The van der Waals surface area contributed by atoms with Crippen LogP contribution in [0.4, 0.5) is 0 Å². The highest BCUT2D eigenvalue weighted by Gasteiger charge is 2.18. The maximum Gasteiger partial charge on any atom is 0.107 e. The van der Waals surface area contributed by atoms with Crippen LogP contribution in [0.15, 0.2) is 5.38 Å². The van der Waals surface area contributed by atoms with E-state index in [-0.39, 0.29) is 0 Å². The number of nitrogens with one attached hydrogen (secondary N) is 1. The first kappa shape index (κ1) is 11.4. The van der Waals surface area contributed by atoms with E-state index < -0.39 is 0 Å². The summed E-state index contributed by atoms with van der Waals surface area (Å²) < 4.78 is 0. The SMILES string of the molecule is Cc1csc(CNC2CCC(Cl)CC2)n1. The first-order chi connectivity index (χ1) is 7.24. The van der Waals surface area contributed by atoms with E-state index in [2.05, 4.69) is 15.7 Å². The van der Waals surface area contributed by atoms with Gasteiger partial charge in [-0.25, -0.2) is 4.98 Å². The molecule has 0 amide bonds. The smallest absolute Gasteiger partial charge is 0.107 e. The number of halogens is 1. The molecule has 2 nitrogen and oxygen atoms in total. The summed E-state index contributed by atoms with van der Waals surface area (Å²) in [6, 6.07) is 0.643. The van der Waals surface area contributed by atoms with Gasteiger partial charge in [0.1, 0.15) is 5.01 Å². The zero-order valence-electron chi connectivity index (χ0n) is 9.00. The molecule has 2 rings (SSSR count). The highest BCUT2D eigenvalue weighted by Crippen LogP contribution is 2.23. The minimum absolute atomic E-state index is 0.408. The van der Waals surface area contributed by atoms with Crippen molar-refractivity contribution < 1.29 is 0 Å². The predicted octanol–water partition coefficient (Wildman–Crippen LogP) is 3.09. The summed E-state index contributed by atoms with van der Waals surface area (Å²) >= 11 is 7.80. The van der Waals surface area contributed by atoms with Gasteiger partial charge in [0.25, 0.3) is 0 Å². The standard InChI is InChI=1S/C11H17ClN2S/c1-8-7-15-11(14-8)6-13-10-4-2-9(12)3-5-10/h7,9-10,13H,2-6H2,1H3. The first-order valence-electron chi connectivity index (χ1n) is 5.52. The molecule has 0 saturated heterocycles. The third-order valence-corrected chi connectivity index (χ3v) is 4.27. The van der Waals surface area contributed by atoms with Crippen LogP contribution in [-0.2, 0) is 6.54 Å². The van der Waals surface area contributed by atoms with Crippen molar-refractivity contribution in [2.75, 3.05) is 0 Å². The van der Waals surface area contributed by atoms with Crippen LogP contribution >= 0.6 is 22.9 Å². The van der Waals surface area contributed by atoms with Crippen molar-refractivity contribution in [2.45, 2.75) is 50.6 Å². The summed E-state index contributed by atoms with van der Waals surface area (Å²) in [6.45, 7) is 2.95. The predicted molar refractivity (Wildman–Crippen MR) is 65.6 cm³/mol. The highest BCUT2D eigenvalue weighted by molar-refractivity contribution is 7.09. The van der Waals surface area contributed by atoms with E-state index in [1.807, 2.05) is 6.92 Å². The minimum atomic E-state index is 0.408. The molecule has 0 bridgehead atoms. The molecule has 1 saturated carbocycles. The van der Waals surface area contributed by atoms with Crippen molar-refractivity contribution in [1.82, 2.24) is 10.3 Å². The van der Waals surface area contributed by atoms with Gasteiger partial charge in [0, 0.05) is 29.0 Å². The Morgan fingerprint density at radius 2 is 2.20 bits per heavy atom. The Morgan fingerprint density at radius 1 is 1.47 bits per heavy atom. The van der Waals surface area contributed by atoms with Crippen LogP contribution in [0.1, 0.15) is 36.4 Å². The lowest BCUT2D eigenvalue weighted by Gasteiger charge is -2.25.